The van der Waals surface area contributed by atoms with E-state index in [1.54, 1.807) is 0 Å². The molecule has 1 fully saturated rings. The first kappa shape index (κ1) is 11.0. The van der Waals surface area contributed by atoms with Gasteiger partial charge >= 0.3 is 6.09 Å². The van der Waals surface area contributed by atoms with E-state index in [-0.39, 0.29) is 18.0 Å². The number of ketones is 1. The zero-order valence-corrected chi connectivity index (χ0v) is 8.54. The first-order valence-electron chi connectivity index (χ1n) is 5.18. The minimum Gasteiger partial charge on any atom is -0.446 e. The van der Waals surface area contributed by atoms with Crippen molar-refractivity contribution in [3.8, 4) is 0 Å². The lowest BCUT2D eigenvalue weighted by Gasteiger charge is -2.21. The van der Waals surface area contributed by atoms with Gasteiger partial charge in [-0.15, -0.1) is 0 Å². The summed E-state index contributed by atoms with van der Waals surface area (Å²) in [4.78, 5) is 22.0. The van der Waals surface area contributed by atoms with E-state index in [9.17, 15) is 9.59 Å². The van der Waals surface area contributed by atoms with Crippen LogP contribution in [-0.2, 0) is 9.53 Å². The SMILES string of the molecule is CCCNC(=O)OC1CCC(=O)CC1. The van der Waals surface area contributed by atoms with Gasteiger partial charge in [0.15, 0.2) is 0 Å². The molecule has 0 aromatic rings. The van der Waals surface area contributed by atoms with E-state index < -0.39 is 0 Å². The van der Waals surface area contributed by atoms with Crippen LogP contribution < -0.4 is 5.32 Å². The molecule has 0 aliphatic heterocycles. The molecule has 4 heteroatoms. The molecule has 1 amide bonds. The molecule has 4 nitrogen and oxygen atoms in total. The topological polar surface area (TPSA) is 55.4 Å². The van der Waals surface area contributed by atoms with Gasteiger partial charge in [-0.3, -0.25) is 4.79 Å². The monoisotopic (exact) mass is 199 g/mol. The van der Waals surface area contributed by atoms with E-state index in [1.165, 1.54) is 0 Å². The Morgan fingerprint density at radius 3 is 2.71 bits per heavy atom. The second kappa shape index (κ2) is 5.62. The van der Waals surface area contributed by atoms with Crippen molar-refractivity contribution in [3.05, 3.63) is 0 Å². The highest BCUT2D eigenvalue weighted by Gasteiger charge is 2.21. The molecular formula is C10H17NO3. The first-order chi connectivity index (χ1) is 6.72. The average molecular weight is 199 g/mol. The predicted octanol–water partition coefficient (Wildman–Crippen LogP) is 1.63. The lowest BCUT2D eigenvalue weighted by atomic mass is 9.97. The molecule has 1 rings (SSSR count). The highest BCUT2D eigenvalue weighted by atomic mass is 16.6. The van der Waals surface area contributed by atoms with Gasteiger partial charge in [-0.25, -0.2) is 4.79 Å². The third-order valence-corrected chi connectivity index (χ3v) is 2.28. The van der Waals surface area contributed by atoms with Crippen LogP contribution in [0.25, 0.3) is 0 Å². The highest BCUT2D eigenvalue weighted by molar-refractivity contribution is 5.79. The zero-order chi connectivity index (χ0) is 10.4. The fourth-order valence-corrected chi connectivity index (χ4v) is 1.45. The van der Waals surface area contributed by atoms with E-state index in [0.717, 1.165) is 6.42 Å². The van der Waals surface area contributed by atoms with E-state index in [4.69, 9.17) is 4.74 Å². The van der Waals surface area contributed by atoms with Crippen molar-refractivity contribution in [1.29, 1.82) is 0 Å². The average Bonchev–Trinajstić information content (AvgIpc) is 2.18. The van der Waals surface area contributed by atoms with Gasteiger partial charge in [0.2, 0.25) is 0 Å². The molecule has 1 aliphatic carbocycles. The maximum absolute atomic E-state index is 11.1. The molecule has 0 spiro atoms. The van der Waals surface area contributed by atoms with Gasteiger partial charge in [0, 0.05) is 19.4 Å². The summed E-state index contributed by atoms with van der Waals surface area (Å²) < 4.78 is 5.14. The van der Waals surface area contributed by atoms with E-state index in [2.05, 4.69) is 5.32 Å². The van der Waals surface area contributed by atoms with Crippen LogP contribution in [0.5, 0.6) is 0 Å². The van der Waals surface area contributed by atoms with Crippen LogP contribution in [0.15, 0.2) is 0 Å². The number of ether oxygens (including phenoxy) is 1. The van der Waals surface area contributed by atoms with Crippen molar-refractivity contribution in [2.45, 2.75) is 45.1 Å². The van der Waals surface area contributed by atoms with Gasteiger partial charge < -0.3 is 10.1 Å². The van der Waals surface area contributed by atoms with E-state index >= 15 is 0 Å². The fraction of sp³-hybridized carbons (Fsp3) is 0.800. The molecule has 0 bridgehead atoms. The number of hydrogen-bond donors (Lipinski definition) is 1. The summed E-state index contributed by atoms with van der Waals surface area (Å²) in [5.41, 5.74) is 0. The van der Waals surface area contributed by atoms with Gasteiger partial charge in [0.1, 0.15) is 11.9 Å². The standard InChI is InChI=1S/C10H17NO3/c1-2-7-11-10(13)14-9-5-3-8(12)4-6-9/h9H,2-7H2,1H3,(H,11,13). The molecule has 0 aromatic heterocycles. The van der Waals surface area contributed by atoms with Crippen LogP contribution >= 0.6 is 0 Å². The Kier molecular flexibility index (Phi) is 4.43. The van der Waals surface area contributed by atoms with Crippen LogP contribution in [0, 0.1) is 0 Å². The normalized spacial score (nSPS) is 17.9. The van der Waals surface area contributed by atoms with Crippen LogP contribution in [-0.4, -0.2) is 24.5 Å². The van der Waals surface area contributed by atoms with Crippen molar-refractivity contribution < 1.29 is 14.3 Å². The molecule has 14 heavy (non-hydrogen) atoms. The van der Waals surface area contributed by atoms with Gasteiger partial charge in [0.05, 0.1) is 0 Å². The van der Waals surface area contributed by atoms with Crippen molar-refractivity contribution in [2.24, 2.45) is 0 Å². The Bertz CT molecular complexity index is 205. The number of Topliss-reactive ketones (excluding diaryl/α,β-unsaturated/α-hetero) is 1. The highest BCUT2D eigenvalue weighted by Crippen LogP contribution is 2.17. The van der Waals surface area contributed by atoms with Crippen LogP contribution in [0.2, 0.25) is 0 Å². The summed E-state index contributed by atoms with van der Waals surface area (Å²) in [6, 6.07) is 0. The summed E-state index contributed by atoms with van der Waals surface area (Å²) in [5.74, 6) is 0.277. The van der Waals surface area contributed by atoms with Crippen molar-refractivity contribution in [2.75, 3.05) is 6.54 Å². The van der Waals surface area contributed by atoms with Crippen LogP contribution in [0.3, 0.4) is 0 Å². The number of hydrogen-bond acceptors (Lipinski definition) is 3. The predicted molar refractivity (Wildman–Crippen MR) is 52.0 cm³/mol. The minimum atomic E-state index is -0.355. The molecule has 1 N–H and O–H groups in total. The molecule has 80 valence electrons. The van der Waals surface area contributed by atoms with Crippen molar-refractivity contribution in [1.82, 2.24) is 5.32 Å². The molecule has 1 aliphatic rings. The number of nitrogens with one attached hydrogen (secondary N) is 1. The summed E-state index contributed by atoms with van der Waals surface area (Å²) in [6.45, 7) is 2.63. The minimum absolute atomic E-state index is 0.0652. The number of rotatable bonds is 3. The maximum Gasteiger partial charge on any atom is 0.407 e. The maximum atomic E-state index is 11.1. The van der Waals surface area contributed by atoms with Crippen molar-refractivity contribution >= 4 is 11.9 Å². The fourth-order valence-electron chi connectivity index (χ4n) is 1.45. The van der Waals surface area contributed by atoms with Gasteiger partial charge in [0.25, 0.3) is 0 Å². The Morgan fingerprint density at radius 2 is 2.14 bits per heavy atom. The van der Waals surface area contributed by atoms with Gasteiger partial charge in [-0.05, 0) is 19.3 Å². The Balaban J connectivity index is 2.17. The molecule has 0 aromatic carbocycles. The lowest BCUT2D eigenvalue weighted by Crippen LogP contribution is -2.31. The van der Waals surface area contributed by atoms with Gasteiger partial charge in [-0.1, -0.05) is 6.92 Å². The quantitative estimate of drug-likeness (QED) is 0.751. The Morgan fingerprint density at radius 1 is 1.50 bits per heavy atom. The molecule has 0 heterocycles. The third-order valence-electron chi connectivity index (χ3n) is 2.28. The number of carbonyl (C=O) groups is 2. The second-order valence-corrected chi connectivity index (χ2v) is 3.57. The number of alkyl carbamates (subject to hydrolysis) is 1. The van der Waals surface area contributed by atoms with Gasteiger partial charge in [-0.2, -0.15) is 0 Å². The Labute approximate surface area is 84.0 Å². The second-order valence-electron chi connectivity index (χ2n) is 3.57. The largest absolute Gasteiger partial charge is 0.446 e. The third kappa shape index (κ3) is 3.77. The molecular weight excluding hydrogens is 182 g/mol. The van der Waals surface area contributed by atoms with E-state index in [1.807, 2.05) is 6.92 Å². The number of carbonyl (C=O) groups excluding carboxylic acids is 2. The summed E-state index contributed by atoms with van der Waals surface area (Å²) >= 11 is 0. The zero-order valence-electron chi connectivity index (χ0n) is 8.54. The molecule has 0 radical (unpaired) electrons. The smallest absolute Gasteiger partial charge is 0.407 e. The van der Waals surface area contributed by atoms with Crippen molar-refractivity contribution in [3.63, 3.8) is 0 Å². The molecule has 0 atom stereocenters. The summed E-state index contributed by atoms with van der Waals surface area (Å²) in [5, 5.41) is 2.64. The molecule has 0 saturated heterocycles. The van der Waals surface area contributed by atoms with E-state index in [0.29, 0.717) is 32.2 Å². The summed E-state index contributed by atoms with van der Waals surface area (Å²) in [6.07, 6.45) is 2.93. The number of amides is 1. The summed E-state index contributed by atoms with van der Waals surface area (Å²) in [7, 11) is 0. The van der Waals surface area contributed by atoms with Crippen LogP contribution in [0.4, 0.5) is 4.79 Å². The Hall–Kier alpha value is -1.06. The first-order valence-corrected chi connectivity index (χ1v) is 5.18. The van der Waals surface area contributed by atoms with Crippen LogP contribution in [0.1, 0.15) is 39.0 Å². The molecule has 1 saturated carbocycles. The lowest BCUT2D eigenvalue weighted by molar-refractivity contribution is -0.122. The molecule has 0 unspecified atom stereocenters.